The minimum absolute atomic E-state index is 0.150. The monoisotopic (exact) mass is 495 g/mol. The molecule has 0 radical (unpaired) electrons. The van der Waals surface area contributed by atoms with Gasteiger partial charge in [-0.2, -0.15) is 5.10 Å². The van der Waals surface area contributed by atoms with Crippen LogP contribution in [0.1, 0.15) is 32.6 Å². The molecule has 3 aromatic rings. The van der Waals surface area contributed by atoms with Crippen molar-refractivity contribution in [3.8, 4) is 11.5 Å². The molecule has 184 valence electrons. The van der Waals surface area contributed by atoms with Gasteiger partial charge in [-0.05, 0) is 66.9 Å². The molecule has 0 heterocycles. The van der Waals surface area contributed by atoms with Crippen molar-refractivity contribution in [2.45, 2.75) is 20.4 Å². The summed E-state index contributed by atoms with van der Waals surface area (Å²) in [7, 11) is -0.435. The van der Waals surface area contributed by atoms with Crippen LogP contribution in [0.15, 0.2) is 65.8 Å². The molecule has 0 bridgehead atoms. The Morgan fingerprint density at radius 3 is 2.31 bits per heavy atom. The third kappa shape index (κ3) is 6.39. The maximum absolute atomic E-state index is 12.5. The average Bonchev–Trinajstić information content (AvgIpc) is 2.83. The lowest BCUT2D eigenvalue weighted by Crippen LogP contribution is -2.29. The molecule has 0 aromatic heterocycles. The summed E-state index contributed by atoms with van der Waals surface area (Å²) in [6, 6.07) is 17.6. The number of nitrogens with one attached hydrogen (secondary N) is 1. The number of carbonyl (C=O) groups is 1. The Morgan fingerprint density at radius 1 is 1.00 bits per heavy atom. The maximum atomic E-state index is 12.5. The number of para-hydroxylation sites is 1. The number of hydrogen-bond acceptors (Lipinski definition) is 6. The summed E-state index contributed by atoms with van der Waals surface area (Å²) < 4.78 is 36.9. The van der Waals surface area contributed by atoms with Crippen molar-refractivity contribution in [1.29, 1.82) is 0 Å². The second-order valence-electron chi connectivity index (χ2n) is 8.02. The highest BCUT2D eigenvalue weighted by Gasteiger charge is 2.18. The number of methoxy groups -OCH3 is 2. The minimum Gasteiger partial charge on any atom is -0.493 e. The second kappa shape index (κ2) is 11.1. The van der Waals surface area contributed by atoms with Crippen molar-refractivity contribution in [1.82, 2.24) is 5.43 Å². The summed E-state index contributed by atoms with van der Waals surface area (Å²) in [5.41, 5.74) is 6.96. The number of hydrazone groups is 1. The van der Waals surface area contributed by atoms with Gasteiger partial charge in [0.05, 0.1) is 38.9 Å². The van der Waals surface area contributed by atoms with E-state index in [0.29, 0.717) is 28.3 Å². The van der Waals surface area contributed by atoms with E-state index < -0.39 is 15.9 Å². The molecular formula is C26H29N3O5S. The number of aryl methyl sites for hydroxylation is 2. The van der Waals surface area contributed by atoms with Crippen molar-refractivity contribution >= 4 is 27.8 Å². The lowest BCUT2D eigenvalue weighted by atomic mass is 10.1. The quantitative estimate of drug-likeness (QED) is 0.357. The van der Waals surface area contributed by atoms with E-state index in [0.717, 1.165) is 16.7 Å². The lowest BCUT2D eigenvalue weighted by molar-refractivity contribution is 0.0955. The maximum Gasteiger partial charge on any atom is 0.271 e. The van der Waals surface area contributed by atoms with Crippen LogP contribution in [0.2, 0.25) is 0 Å². The van der Waals surface area contributed by atoms with E-state index in [-0.39, 0.29) is 6.54 Å². The first kappa shape index (κ1) is 25.8. The topological polar surface area (TPSA) is 97.3 Å². The molecule has 0 aliphatic heterocycles. The highest BCUT2D eigenvalue weighted by molar-refractivity contribution is 7.92. The largest absolute Gasteiger partial charge is 0.493 e. The summed E-state index contributed by atoms with van der Waals surface area (Å²) in [4.78, 5) is 12.5. The normalized spacial score (nSPS) is 11.3. The molecule has 1 amide bonds. The standard InChI is InChI=1S/C26H29N3O5S/c1-18-9-14-23(15-19(18)2)29(35(5,31)32)17-20-10-12-21(13-11-20)26(30)28-27-16-22-7-6-8-24(33-3)25(22)34-4/h6-16H,17H2,1-5H3,(H,28,30)/b27-16+. The first-order valence-electron chi connectivity index (χ1n) is 10.8. The van der Waals surface area contributed by atoms with Gasteiger partial charge in [0.1, 0.15) is 0 Å². The van der Waals surface area contributed by atoms with E-state index in [9.17, 15) is 13.2 Å². The molecule has 0 saturated carbocycles. The molecule has 3 rings (SSSR count). The Kier molecular flexibility index (Phi) is 8.14. The summed E-state index contributed by atoms with van der Waals surface area (Å²) in [6.07, 6.45) is 2.65. The van der Waals surface area contributed by atoms with Crippen LogP contribution in [0, 0.1) is 13.8 Å². The van der Waals surface area contributed by atoms with Gasteiger partial charge in [-0.25, -0.2) is 13.8 Å². The highest BCUT2D eigenvalue weighted by Crippen LogP contribution is 2.29. The van der Waals surface area contributed by atoms with Gasteiger partial charge in [-0.15, -0.1) is 0 Å². The molecule has 8 nitrogen and oxygen atoms in total. The lowest BCUT2D eigenvalue weighted by Gasteiger charge is -2.23. The Bertz CT molecular complexity index is 1340. The van der Waals surface area contributed by atoms with Crippen LogP contribution in [-0.4, -0.2) is 41.0 Å². The van der Waals surface area contributed by atoms with Gasteiger partial charge in [-0.3, -0.25) is 9.10 Å². The molecule has 0 aliphatic carbocycles. The van der Waals surface area contributed by atoms with Gasteiger partial charge in [0.15, 0.2) is 11.5 Å². The van der Waals surface area contributed by atoms with Crippen molar-refractivity contribution in [2.75, 3.05) is 24.8 Å². The van der Waals surface area contributed by atoms with Crippen molar-refractivity contribution < 1.29 is 22.7 Å². The van der Waals surface area contributed by atoms with E-state index in [1.807, 2.05) is 26.0 Å². The van der Waals surface area contributed by atoms with Crippen LogP contribution in [0.3, 0.4) is 0 Å². The third-order valence-electron chi connectivity index (χ3n) is 5.52. The molecule has 9 heteroatoms. The Labute approximate surface area is 206 Å². The molecule has 35 heavy (non-hydrogen) atoms. The summed E-state index contributed by atoms with van der Waals surface area (Å²) in [5.74, 6) is 0.669. The summed E-state index contributed by atoms with van der Waals surface area (Å²) >= 11 is 0. The fraction of sp³-hybridized carbons (Fsp3) is 0.231. The predicted molar refractivity (Wildman–Crippen MR) is 138 cm³/mol. The number of benzene rings is 3. The van der Waals surface area contributed by atoms with Gasteiger partial charge in [0.25, 0.3) is 5.91 Å². The number of sulfonamides is 1. The van der Waals surface area contributed by atoms with Crippen molar-refractivity contribution in [3.05, 3.63) is 88.5 Å². The van der Waals surface area contributed by atoms with E-state index in [2.05, 4.69) is 10.5 Å². The molecule has 0 aliphatic rings. The van der Waals surface area contributed by atoms with E-state index in [4.69, 9.17) is 9.47 Å². The predicted octanol–water partition coefficient (Wildman–Crippen LogP) is 4.05. The molecule has 0 saturated heterocycles. The highest BCUT2D eigenvalue weighted by atomic mass is 32.2. The SMILES string of the molecule is COc1cccc(/C=N/NC(=O)c2ccc(CN(c3ccc(C)c(C)c3)S(C)(=O)=O)cc2)c1OC. The van der Waals surface area contributed by atoms with Crippen LogP contribution in [0.4, 0.5) is 5.69 Å². The van der Waals surface area contributed by atoms with Gasteiger partial charge in [-0.1, -0.05) is 24.3 Å². The summed E-state index contributed by atoms with van der Waals surface area (Å²) in [6.45, 7) is 4.07. The van der Waals surface area contributed by atoms with Crippen LogP contribution in [0.5, 0.6) is 11.5 Å². The smallest absolute Gasteiger partial charge is 0.271 e. The zero-order valence-corrected chi connectivity index (χ0v) is 21.2. The van der Waals surface area contributed by atoms with Crippen LogP contribution in [-0.2, 0) is 16.6 Å². The van der Waals surface area contributed by atoms with E-state index >= 15 is 0 Å². The number of amides is 1. The summed E-state index contributed by atoms with van der Waals surface area (Å²) in [5, 5.41) is 4.01. The van der Waals surface area contributed by atoms with Crippen molar-refractivity contribution in [3.63, 3.8) is 0 Å². The first-order chi connectivity index (χ1) is 16.6. The fourth-order valence-electron chi connectivity index (χ4n) is 3.45. The Balaban J connectivity index is 1.71. The third-order valence-corrected chi connectivity index (χ3v) is 6.66. The Morgan fingerprint density at radius 2 is 1.71 bits per heavy atom. The molecule has 3 aromatic carbocycles. The van der Waals surface area contributed by atoms with Crippen molar-refractivity contribution in [2.24, 2.45) is 5.10 Å². The molecule has 0 unspecified atom stereocenters. The number of carbonyl (C=O) groups excluding carboxylic acids is 1. The van der Waals surface area contributed by atoms with E-state index in [1.165, 1.54) is 23.9 Å². The van der Waals surface area contributed by atoms with Crippen LogP contribution < -0.4 is 19.2 Å². The molecule has 0 atom stereocenters. The second-order valence-corrected chi connectivity index (χ2v) is 9.92. The number of nitrogens with zero attached hydrogens (tertiary/aromatic N) is 2. The number of ether oxygens (including phenoxy) is 2. The average molecular weight is 496 g/mol. The number of hydrogen-bond donors (Lipinski definition) is 1. The minimum atomic E-state index is -3.51. The van der Waals surface area contributed by atoms with E-state index in [1.54, 1.807) is 55.6 Å². The van der Waals surface area contributed by atoms with Gasteiger partial charge in [0, 0.05) is 11.1 Å². The van der Waals surface area contributed by atoms with Gasteiger partial charge in [0.2, 0.25) is 10.0 Å². The molecular weight excluding hydrogens is 466 g/mol. The zero-order valence-electron chi connectivity index (χ0n) is 20.4. The van der Waals surface area contributed by atoms with Crippen LogP contribution in [0.25, 0.3) is 0 Å². The molecule has 0 fully saturated rings. The first-order valence-corrected chi connectivity index (χ1v) is 12.7. The number of rotatable bonds is 9. The van der Waals surface area contributed by atoms with Gasteiger partial charge < -0.3 is 9.47 Å². The Hall–Kier alpha value is -3.85. The number of anilines is 1. The van der Waals surface area contributed by atoms with Crippen LogP contribution >= 0.6 is 0 Å². The zero-order chi connectivity index (χ0) is 25.6. The molecule has 1 N–H and O–H groups in total. The molecule has 0 spiro atoms. The fourth-order valence-corrected chi connectivity index (χ4v) is 4.33. The van der Waals surface area contributed by atoms with Gasteiger partial charge >= 0.3 is 0 Å².